The SMILES string of the molecule is COC1CN(C2CCC(C3(C)Oc4c(Cl)cc(C(=O)NCc5c(SC)cc(C)[nH]c5=O)c(C)c4O3)CC2)C1. The minimum atomic E-state index is -0.830. The maximum Gasteiger partial charge on any atom is 0.254 e. The third-order valence-corrected chi connectivity index (χ3v) is 9.42. The van der Waals surface area contributed by atoms with Crippen LogP contribution in [0.2, 0.25) is 5.02 Å². The largest absolute Gasteiger partial charge is 0.448 e. The van der Waals surface area contributed by atoms with Gasteiger partial charge in [0.2, 0.25) is 0 Å². The molecule has 2 fully saturated rings. The van der Waals surface area contributed by atoms with Gasteiger partial charge in [0, 0.05) is 72.9 Å². The summed E-state index contributed by atoms with van der Waals surface area (Å²) < 4.78 is 18.3. The Balaban J connectivity index is 1.27. The maximum atomic E-state index is 13.2. The molecule has 0 spiro atoms. The van der Waals surface area contributed by atoms with E-state index in [1.54, 1.807) is 13.2 Å². The van der Waals surface area contributed by atoms with Crippen LogP contribution in [0.5, 0.6) is 11.5 Å². The number of aryl methyl sites for hydroxylation is 1. The number of aromatic amines is 1. The number of hydrogen-bond acceptors (Lipinski definition) is 7. The summed E-state index contributed by atoms with van der Waals surface area (Å²) in [6, 6.07) is 4.12. The van der Waals surface area contributed by atoms with Gasteiger partial charge in [0.05, 0.1) is 11.1 Å². The van der Waals surface area contributed by atoms with Gasteiger partial charge in [0.25, 0.3) is 17.3 Å². The summed E-state index contributed by atoms with van der Waals surface area (Å²) in [5.41, 5.74) is 2.19. The molecule has 1 saturated heterocycles. The van der Waals surface area contributed by atoms with E-state index in [1.165, 1.54) is 11.8 Å². The highest BCUT2D eigenvalue weighted by Gasteiger charge is 2.48. The second kappa shape index (κ2) is 10.8. The lowest BCUT2D eigenvalue weighted by Gasteiger charge is -2.47. The predicted molar refractivity (Wildman–Crippen MR) is 149 cm³/mol. The van der Waals surface area contributed by atoms with E-state index in [-0.39, 0.29) is 23.9 Å². The van der Waals surface area contributed by atoms with E-state index < -0.39 is 5.79 Å². The number of carbonyl (C=O) groups is 1. The summed E-state index contributed by atoms with van der Waals surface area (Å²) >= 11 is 8.10. The second-order valence-electron chi connectivity index (χ2n) is 10.7. The molecular weight excluding hydrogens is 526 g/mol. The first kappa shape index (κ1) is 27.4. The zero-order chi connectivity index (χ0) is 27.2. The number of H-pyrrole nitrogens is 1. The average molecular weight is 562 g/mol. The Labute approximate surface area is 232 Å². The quantitative estimate of drug-likeness (QED) is 0.474. The number of halogens is 1. The summed E-state index contributed by atoms with van der Waals surface area (Å²) in [5, 5.41) is 3.23. The van der Waals surface area contributed by atoms with Crippen molar-refractivity contribution < 1.29 is 19.0 Å². The third kappa shape index (κ3) is 5.06. The molecule has 2 aliphatic heterocycles. The first-order valence-electron chi connectivity index (χ1n) is 13.2. The summed E-state index contributed by atoms with van der Waals surface area (Å²) in [6.45, 7) is 7.80. The van der Waals surface area contributed by atoms with Crippen molar-refractivity contribution in [2.24, 2.45) is 5.92 Å². The molecule has 1 saturated carbocycles. The lowest BCUT2D eigenvalue weighted by atomic mass is 9.80. The lowest BCUT2D eigenvalue weighted by molar-refractivity contribution is -0.130. The molecule has 1 aromatic heterocycles. The van der Waals surface area contributed by atoms with E-state index in [0.29, 0.717) is 45.4 Å². The average Bonchev–Trinajstić information content (AvgIpc) is 3.24. The van der Waals surface area contributed by atoms with Crippen molar-refractivity contribution in [3.05, 3.63) is 49.9 Å². The topological polar surface area (TPSA) is 92.9 Å². The van der Waals surface area contributed by atoms with Crippen molar-refractivity contribution >= 4 is 29.3 Å². The van der Waals surface area contributed by atoms with Crippen LogP contribution in [0.3, 0.4) is 0 Å². The molecule has 8 nitrogen and oxygen atoms in total. The van der Waals surface area contributed by atoms with Gasteiger partial charge in [0.1, 0.15) is 0 Å². The van der Waals surface area contributed by atoms with Gasteiger partial charge in [-0.05, 0) is 57.9 Å². The Morgan fingerprint density at radius 1 is 1.21 bits per heavy atom. The van der Waals surface area contributed by atoms with E-state index >= 15 is 0 Å². The molecule has 1 aromatic carbocycles. The molecule has 1 amide bonds. The third-order valence-electron chi connectivity index (χ3n) is 8.33. The molecule has 10 heteroatoms. The van der Waals surface area contributed by atoms with Crippen LogP contribution >= 0.6 is 23.4 Å². The number of rotatable bonds is 7. The zero-order valence-electron chi connectivity index (χ0n) is 22.6. The Hall–Kier alpha value is -2.20. The van der Waals surface area contributed by atoms with Gasteiger partial charge >= 0.3 is 0 Å². The number of hydrogen-bond donors (Lipinski definition) is 2. The molecule has 0 bridgehead atoms. The summed E-state index contributed by atoms with van der Waals surface area (Å²) in [6.07, 6.45) is 6.45. The Morgan fingerprint density at radius 2 is 1.89 bits per heavy atom. The summed E-state index contributed by atoms with van der Waals surface area (Å²) in [4.78, 5) is 31.9. The van der Waals surface area contributed by atoms with E-state index in [1.807, 2.05) is 33.1 Å². The number of carbonyl (C=O) groups excluding carboxylic acids is 1. The normalized spacial score (nSPS) is 25.3. The van der Waals surface area contributed by atoms with Gasteiger partial charge in [-0.15, -0.1) is 11.8 Å². The van der Waals surface area contributed by atoms with E-state index in [2.05, 4.69) is 15.2 Å². The molecule has 3 aliphatic rings. The van der Waals surface area contributed by atoms with Crippen molar-refractivity contribution in [3.8, 4) is 11.5 Å². The molecule has 0 radical (unpaired) electrons. The first-order valence-corrected chi connectivity index (χ1v) is 14.8. The number of pyridine rings is 1. The van der Waals surface area contributed by atoms with Crippen molar-refractivity contribution in [1.82, 2.24) is 15.2 Å². The van der Waals surface area contributed by atoms with Gasteiger partial charge in [0.15, 0.2) is 11.5 Å². The van der Waals surface area contributed by atoms with Crippen LogP contribution in [0.4, 0.5) is 0 Å². The molecule has 3 heterocycles. The molecule has 38 heavy (non-hydrogen) atoms. The molecule has 1 unspecified atom stereocenters. The number of benzene rings is 1. The Morgan fingerprint density at radius 3 is 2.55 bits per heavy atom. The minimum absolute atomic E-state index is 0.110. The summed E-state index contributed by atoms with van der Waals surface area (Å²) in [7, 11) is 1.78. The maximum absolute atomic E-state index is 13.2. The zero-order valence-corrected chi connectivity index (χ0v) is 24.2. The number of ether oxygens (including phenoxy) is 3. The molecule has 1 atom stereocenters. The number of methoxy groups -OCH3 is 1. The first-order chi connectivity index (χ1) is 18.1. The predicted octanol–water partition coefficient (Wildman–Crippen LogP) is 4.67. The fourth-order valence-corrected chi connectivity index (χ4v) is 6.87. The highest BCUT2D eigenvalue weighted by molar-refractivity contribution is 7.98. The number of amides is 1. The number of nitrogens with zero attached hydrogens (tertiary/aromatic N) is 1. The molecule has 5 rings (SSSR count). The summed E-state index contributed by atoms with van der Waals surface area (Å²) in [5.74, 6) is 0.0903. The van der Waals surface area contributed by atoms with E-state index in [4.69, 9.17) is 25.8 Å². The Kier molecular flexibility index (Phi) is 7.75. The fourth-order valence-electron chi connectivity index (χ4n) is 5.93. The second-order valence-corrected chi connectivity index (χ2v) is 12.0. The van der Waals surface area contributed by atoms with Gasteiger partial charge in [-0.3, -0.25) is 14.5 Å². The number of likely N-dealkylation sites (tertiary alicyclic amines) is 1. The van der Waals surface area contributed by atoms with E-state index in [9.17, 15) is 9.59 Å². The van der Waals surface area contributed by atoms with Crippen molar-refractivity contribution in [2.45, 2.75) is 75.8 Å². The minimum Gasteiger partial charge on any atom is -0.448 e. The lowest BCUT2D eigenvalue weighted by Crippen LogP contribution is -2.57. The van der Waals surface area contributed by atoms with Gasteiger partial charge in [-0.25, -0.2) is 0 Å². The van der Waals surface area contributed by atoms with E-state index in [0.717, 1.165) is 49.4 Å². The highest BCUT2D eigenvalue weighted by Crippen LogP contribution is 2.51. The number of fused-ring (bicyclic) bond motifs is 1. The standard InChI is InChI=1S/C28H36ClN3O5S/c1-15-10-23(38-5)21(27(34)31-15)12-30-26(33)20-11-22(29)25-24(16(20)2)36-28(3,37-25)17-6-8-18(9-7-17)32-13-19(14-32)35-4/h10-11,17-19H,6-9,12-14H2,1-5H3,(H,30,33)(H,31,34). The van der Waals surface area contributed by atoms with Crippen LogP contribution in [0.1, 0.15) is 59.8 Å². The molecule has 2 N–H and O–H groups in total. The monoisotopic (exact) mass is 561 g/mol. The highest BCUT2D eigenvalue weighted by atomic mass is 35.5. The molecular formula is C28H36ClN3O5S. The molecule has 1 aliphatic carbocycles. The van der Waals surface area contributed by atoms with Gasteiger partial charge in [-0.2, -0.15) is 0 Å². The Bertz CT molecular complexity index is 1290. The van der Waals surface area contributed by atoms with Crippen LogP contribution < -0.4 is 20.3 Å². The van der Waals surface area contributed by atoms with Crippen molar-refractivity contribution in [2.75, 3.05) is 26.5 Å². The number of thioether (sulfide) groups is 1. The fraction of sp³-hybridized carbons (Fsp3) is 0.571. The smallest absolute Gasteiger partial charge is 0.254 e. The van der Waals surface area contributed by atoms with Crippen LogP contribution in [-0.4, -0.2) is 60.2 Å². The van der Waals surface area contributed by atoms with Crippen LogP contribution in [0.25, 0.3) is 0 Å². The van der Waals surface area contributed by atoms with Gasteiger partial charge < -0.3 is 24.5 Å². The number of aromatic nitrogens is 1. The van der Waals surface area contributed by atoms with Crippen molar-refractivity contribution in [3.63, 3.8) is 0 Å². The van der Waals surface area contributed by atoms with Crippen molar-refractivity contribution in [1.29, 1.82) is 0 Å². The number of nitrogens with one attached hydrogen (secondary N) is 2. The van der Waals surface area contributed by atoms with Crippen LogP contribution in [0, 0.1) is 19.8 Å². The van der Waals surface area contributed by atoms with Gasteiger partial charge in [-0.1, -0.05) is 11.6 Å². The van der Waals surface area contributed by atoms with Crippen LogP contribution in [-0.2, 0) is 11.3 Å². The van der Waals surface area contributed by atoms with Crippen LogP contribution in [0.15, 0.2) is 21.8 Å². The molecule has 206 valence electrons. The molecule has 2 aromatic rings.